The molecule has 0 N–H and O–H groups in total. The molecule has 194 valence electrons. The second-order valence-corrected chi connectivity index (χ2v) is 10.00. The number of carbonyl (C=O) groups excluding carboxylic acids is 3. The molecular weight excluding hydrogens is 480 g/mol. The molecule has 1 fully saturated rings. The smallest absolute Gasteiger partial charge is 0.303 e. The molecule has 1 aliphatic heterocycles. The Balaban J connectivity index is 1.98. The molecule has 0 bridgehead atoms. The standard InChI is InChI=1S/C28H34O7S/c1-16-7-10-22(14-23(16)13-21-8-11-24(36-6)12-9-21)27-28(34-20(5)31)26(33-19(4)30)17(2)25(35-27)15-32-18(3)29/h7-12,14,17,25-28H,13,15H2,1-6H3/t17-,25-,26+,27+,28-/m1/s1. The fourth-order valence-electron chi connectivity index (χ4n) is 4.44. The van der Waals surface area contributed by atoms with Gasteiger partial charge in [-0.05, 0) is 54.0 Å². The third kappa shape index (κ3) is 7.11. The van der Waals surface area contributed by atoms with Crippen LogP contribution in [0.25, 0.3) is 0 Å². The molecular formula is C28H34O7S. The Labute approximate surface area is 216 Å². The lowest BCUT2D eigenvalue weighted by Crippen LogP contribution is -2.54. The Morgan fingerprint density at radius 3 is 2.14 bits per heavy atom. The predicted molar refractivity (Wildman–Crippen MR) is 137 cm³/mol. The molecule has 1 aliphatic rings. The molecule has 0 aromatic heterocycles. The molecule has 3 rings (SSSR count). The molecule has 1 heterocycles. The maximum atomic E-state index is 12.0. The molecule has 2 aromatic rings. The van der Waals surface area contributed by atoms with Gasteiger partial charge in [-0.1, -0.05) is 37.3 Å². The van der Waals surface area contributed by atoms with Crippen LogP contribution >= 0.6 is 11.8 Å². The van der Waals surface area contributed by atoms with E-state index in [0.29, 0.717) is 0 Å². The number of hydrogen-bond acceptors (Lipinski definition) is 8. The highest BCUT2D eigenvalue weighted by atomic mass is 32.2. The Kier molecular flexibility index (Phi) is 9.56. The summed E-state index contributed by atoms with van der Waals surface area (Å²) in [7, 11) is 0. The molecule has 7 nitrogen and oxygen atoms in total. The average Bonchev–Trinajstić information content (AvgIpc) is 2.82. The summed E-state index contributed by atoms with van der Waals surface area (Å²) in [5.41, 5.74) is 4.19. The van der Waals surface area contributed by atoms with E-state index in [4.69, 9.17) is 18.9 Å². The van der Waals surface area contributed by atoms with Crippen LogP contribution in [0.2, 0.25) is 0 Å². The molecule has 0 unspecified atom stereocenters. The van der Waals surface area contributed by atoms with E-state index < -0.39 is 42.3 Å². The molecule has 1 saturated heterocycles. The lowest BCUT2D eigenvalue weighted by molar-refractivity contribution is -0.232. The molecule has 5 atom stereocenters. The van der Waals surface area contributed by atoms with Crippen LogP contribution in [-0.2, 0) is 39.8 Å². The zero-order valence-electron chi connectivity index (χ0n) is 21.6. The number of esters is 3. The van der Waals surface area contributed by atoms with E-state index >= 15 is 0 Å². The number of ether oxygens (including phenoxy) is 4. The van der Waals surface area contributed by atoms with Crippen LogP contribution in [0.5, 0.6) is 0 Å². The van der Waals surface area contributed by atoms with Gasteiger partial charge < -0.3 is 18.9 Å². The first-order valence-electron chi connectivity index (χ1n) is 11.9. The third-order valence-electron chi connectivity index (χ3n) is 6.36. The third-order valence-corrected chi connectivity index (χ3v) is 7.10. The van der Waals surface area contributed by atoms with Crippen molar-refractivity contribution in [3.63, 3.8) is 0 Å². The van der Waals surface area contributed by atoms with Gasteiger partial charge in [0.15, 0.2) is 6.10 Å². The van der Waals surface area contributed by atoms with E-state index in [1.54, 1.807) is 11.8 Å². The Morgan fingerprint density at radius 1 is 0.917 bits per heavy atom. The second-order valence-electron chi connectivity index (χ2n) is 9.12. The number of rotatable bonds is 8. The van der Waals surface area contributed by atoms with Crippen LogP contribution < -0.4 is 0 Å². The van der Waals surface area contributed by atoms with Gasteiger partial charge in [0.25, 0.3) is 0 Å². The first-order valence-corrected chi connectivity index (χ1v) is 13.2. The number of hydrogen-bond donors (Lipinski definition) is 0. The van der Waals surface area contributed by atoms with Crippen molar-refractivity contribution < 1.29 is 33.3 Å². The number of benzene rings is 2. The summed E-state index contributed by atoms with van der Waals surface area (Å²) < 4.78 is 22.9. The number of aryl methyl sites for hydroxylation is 1. The Hall–Kier alpha value is -2.84. The molecule has 0 radical (unpaired) electrons. The summed E-state index contributed by atoms with van der Waals surface area (Å²) in [4.78, 5) is 36.7. The lowest BCUT2D eigenvalue weighted by atomic mass is 9.84. The van der Waals surface area contributed by atoms with E-state index in [2.05, 4.69) is 24.3 Å². The summed E-state index contributed by atoms with van der Waals surface area (Å²) >= 11 is 1.70. The SMILES string of the molecule is CSc1ccc(Cc2cc([C@@H]3O[C@H](COC(C)=O)[C@@H](C)[C@H](OC(C)=O)[C@H]3OC(C)=O)ccc2C)cc1. The van der Waals surface area contributed by atoms with Crippen molar-refractivity contribution in [2.75, 3.05) is 12.9 Å². The highest BCUT2D eigenvalue weighted by molar-refractivity contribution is 7.98. The molecule has 0 aliphatic carbocycles. The van der Waals surface area contributed by atoms with Gasteiger partial charge in [-0.25, -0.2) is 0 Å². The van der Waals surface area contributed by atoms with E-state index in [0.717, 1.165) is 23.1 Å². The van der Waals surface area contributed by atoms with Gasteiger partial charge >= 0.3 is 17.9 Å². The summed E-state index contributed by atoms with van der Waals surface area (Å²) in [5, 5.41) is 0. The zero-order valence-corrected chi connectivity index (χ0v) is 22.4. The van der Waals surface area contributed by atoms with Gasteiger partial charge in [0.1, 0.15) is 18.8 Å². The number of thioether (sulfide) groups is 1. The Morgan fingerprint density at radius 2 is 1.56 bits per heavy atom. The van der Waals surface area contributed by atoms with Crippen LogP contribution in [-0.4, -0.2) is 49.1 Å². The van der Waals surface area contributed by atoms with Gasteiger partial charge in [-0.15, -0.1) is 11.8 Å². The lowest BCUT2D eigenvalue weighted by Gasteiger charge is -2.44. The van der Waals surface area contributed by atoms with Crippen molar-refractivity contribution in [1.29, 1.82) is 0 Å². The Bertz CT molecular complexity index is 1080. The largest absolute Gasteiger partial charge is 0.463 e. The highest BCUT2D eigenvalue weighted by Gasteiger charge is 2.48. The average molecular weight is 515 g/mol. The van der Waals surface area contributed by atoms with Crippen LogP contribution in [0.15, 0.2) is 47.4 Å². The summed E-state index contributed by atoms with van der Waals surface area (Å²) in [5.74, 6) is -1.81. The van der Waals surface area contributed by atoms with Crippen molar-refractivity contribution >= 4 is 29.7 Å². The zero-order chi connectivity index (χ0) is 26.4. The van der Waals surface area contributed by atoms with Crippen molar-refractivity contribution in [2.45, 2.75) is 70.4 Å². The minimum absolute atomic E-state index is 0.00192. The number of carbonyl (C=O) groups is 3. The fraction of sp³-hybridized carbons (Fsp3) is 0.464. The normalized spacial score (nSPS) is 23.6. The molecule has 0 spiro atoms. The van der Waals surface area contributed by atoms with E-state index in [1.807, 2.05) is 38.3 Å². The minimum Gasteiger partial charge on any atom is -0.463 e. The first-order chi connectivity index (χ1) is 17.1. The van der Waals surface area contributed by atoms with Crippen molar-refractivity contribution in [3.8, 4) is 0 Å². The maximum Gasteiger partial charge on any atom is 0.303 e. The van der Waals surface area contributed by atoms with Crippen molar-refractivity contribution in [1.82, 2.24) is 0 Å². The highest BCUT2D eigenvalue weighted by Crippen LogP contribution is 2.39. The topological polar surface area (TPSA) is 88.1 Å². The van der Waals surface area contributed by atoms with E-state index in [-0.39, 0.29) is 12.5 Å². The van der Waals surface area contributed by atoms with Gasteiger partial charge in [0.05, 0.1) is 6.10 Å². The van der Waals surface area contributed by atoms with E-state index in [9.17, 15) is 14.4 Å². The van der Waals surface area contributed by atoms with Crippen LogP contribution in [0, 0.1) is 12.8 Å². The summed E-state index contributed by atoms with van der Waals surface area (Å²) in [6.07, 6.45) is -0.127. The van der Waals surface area contributed by atoms with Gasteiger partial charge in [0.2, 0.25) is 0 Å². The summed E-state index contributed by atoms with van der Waals surface area (Å²) in [6.45, 7) is 7.83. The maximum absolute atomic E-state index is 12.0. The molecule has 36 heavy (non-hydrogen) atoms. The quantitative estimate of drug-likeness (QED) is 0.282. The summed E-state index contributed by atoms with van der Waals surface area (Å²) in [6, 6.07) is 14.4. The van der Waals surface area contributed by atoms with Crippen LogP contribution in [0.3, 0.4) is 0 Å². The van der Waals surface area contributed by atoms with Crippen LogP contribution in [0.1, 0.15) is 56.1 Å². The van der Waals surface area contributed by atoms with Gasteiger partial charge in [0, 0.05) is 31.6 Å². The fourth-order valence-corrected chi connectivity index (χ4v) is 4.85. The van der Waals surface area contributed by atoms with Crippen molar-refractivity contribution in [3.05, 3.63) is 64.7 Å². The minimum atomic E-state index is -0.855. The van der Waals surface area contributed by atoms with E-state index in [1.165, 1.54) is 31.2 Å². The first kappa shape index (κ1) is 27.7. The predicted octanol–water partition coefficient (Wildman–Crippen LogP) is 4.81. The molecule has 0 saturated carbocycles. The molecule has 2 aromatic carbocycles. The molecule has 0 amide bonds. The van der Waals surface area contributed by atoms with Gasteiger partial charge in [-0.2, -0.15) is 0 Å². The van der Waals surface area contributed by atoms with Crippen molar-refractivity contribution in [2.24, 2.45) is 5.92 Å². The van der Waals surface area contributed by atoms with Crippen LogP contribution in [0.4, 0.5) is 0 Å². The molecule has 8 heteroatoms. The second kappa shape index (κ2) is 12.4. The monoisotopic (exact) mass is 514 g/mol. The van der Waals surface area contributed by atoms with Gasteiger partial charge in [-0.3, -0.25) is 14.4 Å².